The third-order valence-corrected chi connectivity index (χ3v) is 3.69. The minimum atomic E-state index is -0.418. The molecule has 0 radical (unpaired) electrons. The van der Waals surface area contributed by atoms with Crippen LogP contribution in [0.2, 0.25) is 0 Å². The highest BCUT2D eigenvalue weighted by atomic mass is 127. The van der Waals surface area contributed by atoms with Gasteiger partial charge in [-0.3, -0.25) is 4.79 Å². The van der Waals surface area contributed by atoms with Crippen LogP contribution in [0.3, 0.4) is 0 Å². The number of hydrogen-bond donors (Lipinski definition) is 2. The van der Waals surface area contributed by atoms with Crippen LogP contribution in [0.15, 0.2) is 36.5 Å². The van der Waals surface area contributed by atoms with Crippen LogP contribution in [0.25, 0.3) is 0 Å². The highest BCUT2D eigenvalue weighted by Gasteiger charge is 2.13. The van der Waals surface area contributed by atoms with Crippen molar-refractivity contribution < 1.29 is 9.90 Å². The highest BCUT2D eigenvalue weighted by Crippen LogP contribution is 2.22. The lowest BCUT2D eigenvalue weighted by atomic mass is 10.2. The fourth-order valence-electron chi connectivity index (χ4n) is 1.50. The van der Waals surface area contributed by atoms with E-state index in [-0.39, 0.29) is 11.4 Å². The SMILES string of the molecule is Cc1c(I)cccc1NC(=O)c1ncccc1O. The first-order valence-electron chi connectivity index (χ1n) is 5.30. The summed E-state index contributed by atoms with van der Waals surface area (Å²) in [5.41, 5.74) is 1.73. The van der Waals surface area contributed by atoms with Crippen molar-refractivity contribution in [1.82, 2.24) is 4.98 Å². The average Bonchev–Trinajstić information content (AvgIpc) is 2.35. The van der Waals surface area contributed by atoms with Crippen molar-refractivity contribution in [2.75, 3.05) is 5.32 Å². The lowest BCUT2D eigenvalue weighted by Gasteiger charge is -2.09. The van der Waals surface area contributed by atoms with Gasteiger partial charge in [-0.05, 0) is 59.3 Å². The normalized spacial score (nSPS) is 10.1. The smallest absolute Gasteiger partial charge is 0.278 e. The number of rotatable bonds is 2. The molecule has 1 aromatic heterocycles. The standard InChI is InChI=1S/C13H11IN2O2/c1-8-9(14)4-2-5-10(8)16-13(18)12-11(17)6-3-7-15-12/h2-7,17H,1H3,(H,16,18). The number of benzene rings is 1. The van der Waals surface area contributed by atoms with Crippen LogP contribution < -0.4 is 5.32 Å². The second-order valence-electron chi connectivity index (χ2n) is 3.74. The molecule has 18 heavy (non-hydrogen) atoms. The lowest BCUT2D eigenvalue weighted by Crippen LogP contribution is -2.14. The Morgan fingerprint density at radius 1 is 1.33 bits per heavy atom. The van der Waals surface area contributed by atoms with E-state index >= 15 is 0 Å². The molecule has 4 nitrogen and oxygen atoms in total. The molecule has 1 aromatic carbocycles. The predicted octanol–water partition coefficient (Wildman–Crippen LogP) is 2.95. The van der Waals surface area contributed by atoms with E-state index in [1.807, 2.05) is 25.1 Å². The Labute approximate surface area is 118 Å². The Morgan fingerprint density at radius 3 is 2.83 bits per heavy atom. The van der Waals surface area contributed by atoms with E-state index in [0.29, 0.717) is 0 Å². The second-order valence-corrected chi connectivity index (χ2v) is 4.90. The summed E-state index contributed by atoms with van der Waals surface area (Å²) in [6, 6.07) is 8.65. The molecule has 0 aliphatic heterocycles. The van der Waals surface area contributed by atoms with E-state index in [1.54, 1.807) is 6.07 Å². The molecule has 0 fully saturated rings. The third kappa shape index (κ3) is 2.61. The second kappa shape index (κ2) is 5.34. The molecule has 2 aromatic rings. The van der Waals surface area contributed by atoms with Gasteiger partial charge >= 0.3 is 0 Å². The molecule has 0 saturated heterocycles. The van der Waals surface area contributed by atoms with Crippen LogP contribution in [0.4, 0.5) is 5.69 Å². The Morgan fingerprint density at radius 2 is 2.11 bits per heavy atom. The summed E-state index contributed by atoms with van der Waals surface area (Å²) in [4.78, 5) is 15.8. The number of carbonyl (C=O) groups is 1. The fraction of sp³-hybridized carbons (Fsp3) is 0.0769. The quantitative estimate of drug-likeness (QED) is 0.816. The van der Waals surface area contributed by atoms with Gasteiger partial charge in [0, 0.05) is 15.5 Å². The van der Waals surface area contributed by atoms with E-state index in [0.717, 1.165) is 14.8 Å². The molecular weight excluding hydrogens is 343 g/mol. The Hall–Kier alpha value is -1.63. The van der Waals surface area contributed by atoms with Crippen molar-refractivity contribution in [3.05, 3.63) is 51.4 Å². The molecule has 1 heterocycles. The molecule has 2 N–H and O–H groups in total. The fourth-order valence-corrected chi connectivity index (χ4v) is 1.99. The summed E-state index contributed by atoms with van der Waals surface area (Å²) in [6.07, 6.45) is 1.47. The molecular formula is C13H11IN2O2. The van der Waals surface area contributed by atoms with Crippen molar-refractivity contribution >= 4 is 34.2 Å². The van der Waals surface area contributed by atoms with Gasteiger partial charge in [0.25, 0.3) is 5.91 Å². The van der Waals surface area contributed by atoms with Crippen molar-refractivity contribution in [2.45, 2.75) is 6.92 Å². The summed E-state index contributed by atoms with van der Waals surface area (Å²) in [5, 5.41) is 12.3. The largest absolute Gasteiger partial charge is 0.505 e. The van der Waals surface area contributed by atoms with E-state index in [1.165, 1.54) is 12.3 Å². The van der Waals surface area contributed by atoms with Gasteiger partial charge in [-0.15, -0.1) is 0 Å². The number of hydrogen-bond acceptors (Lipinski definition) is 3. The summed E-state index contributed by atoms with van der Waals surface area (Å²) >= 11 is 2.20. The van der Waals surface area contributed by atoms with Crippen LogP contribution in [-0.2, 0) is 0 Å². The van der Waals surface area contributed by atoms with E-state index in [9.17, 15) is 9.90 Å². The van der Waals surface area contributed by atoms with Crippen LogP contribution in [-0.4, -0.2) is 16.0 Å². The number of nitrogens with one attached hydrogen (secondary N) is 1. The zero-order valence-electron chi connectivity index (χ0n) is 9.64. The minimum absolute atomic E-state index is 0.0239. The van der Waals surface area contributed by atoms with Gasteiger partial charge in [0.15, 0.2) is 5.69 Å². The van der Waals surface area contributed by atoms with Crippen molar-refractivity contribution in [3.8, 4) is 5.75 Å². The van der Waals surface area contributed by atoms with Gasteiger partial charge in [-0.2, -0.15) is 0 Å². The van der Waals surface area contributed by atoms with Crippen molar-refractivity contribution in [3.63, 3.8) is 0 Å². The van der Waals surface area contributed by atoms with Crippen molar-refractivity contribution in [2.24, 2.45) is 0 Å². The van der Waals surface area contributed by atoms with Gasteiger partial charge in [-0.25, -0.2) is 4.98 Å². The zero-order valence-corrected chi connectivity index (χ0v) is 11.8. The number of amides is 1. The average molecular weight is 354 g/mol. The number of nitrogens with zero attached hydrogens (tertiary/aromatic N) is 1. The number of halogens is 1. The Balaban J connectivity index is 2.27. The van der Waals surface area contributed by atoms with Gasteiger partial charge in [0.05, 0.1) is 0 Å². The first-order valence-corrected chi connectivity index (χ1v) is 6.38. The Bertz CT molecular complexity index is 599. The van der Waals surface area contributed by atoms with Gasteiger partial charge < -0.3 is 10.4 Å². The first kappa shape index (κ1) is 12.8. The van der Waals surface area contributed by atoms with Crippen LogP contribution in [0.5, 0.6) is 5.75 Å². The maximum Gasteiger partial charge on any atom is 0.278 e. The maximum atomic E-state index is 12.0. The topological polar surface area (TPSA) is 62.2 Å². The van der Waals surface area contributed by atoms with Crippen molar-refractivity contribution in [1.29, 1.82) is 0 Å². The zero-order chi connectivity index (χ0) is 13.1. The van der Waals surface area contributed by atoms with Gasteiger partial charge in [0.2, 0.25) is 0 Å². The van der Waals surface area contributed by atoms with Gasteiger partial charge in [0.1, 0.15) is 5.75 Å². The number of aromatic nitrogens is 1. The molecule has 0 spiro atoms. The molecule has 0 atom stereocenters. The molecule has 0 bridgehead atoms. The molecule has 2 rings (SSSR count). The lowest BCUT2D eigenvalue weighted by molar-refractivity contribution is 0.101. The summed E-state index contributed by atoms with van der Waals surface area (Å²) in [6.45, 7) is 1.93. The number of pyridine rings is 1. The van der Waals surface area contributed by atoms with Crippen LogP contribution in [0.1, 0.15) is 16.1 Å². The van der Waals surface area contributed by atoms with E-state index in [2.05, 4.69) is 32.9 Å². The van der Waals surface area contributed by atoms with Crippen LogP contribution >= 0.6 is 22.6 Å². The number of aromatic hydroxyl groups is 1. The molecule has 0 aliphatic rings. The molecule has 0 aliphatic carbocycles. The van der Waals surface area contributed by atoms with E-state index in [4.69, 9.17) is 0 Å². The van der Waals surface area contributed by atoms with Gasteiger partial charge in [-0.1, -0.05) is 6.07 Å². The number of carbonyl (C=O) groups excluding carboxylic acids is 1. The third-order valence-electron chi connectivity index (χ3n) is 2.52. The summed E-state index contributed by atoms with van der Waals surface area (Å²) in [5.74, 6) is -0.545. The predicted molar refractivity (Wildman–Crippen MR) is 77.8 cm³/mol. The molecule has 5 heteroatoms. The monoisotopic (exact) mass is 354 g/mol. The Kier molecular flexibility index (Phi) is 3.81. The highest BCUT2D eigenvalue weighted by molar-refractivity contribution is 14.1. The molecule has 0 unspecified atom stereocenters. The molecule has 92 valence electrons. The first-order chi connectivity index (χ1) is 8.59. The minimum Gasteiger partial charge on any atom is -0.505 e. The molecule has 1 amide bonds. The molecule has 0 saturated carbocycles. The number of anilines is 1. The van der Waals surface area contributed by atoms with E-state index < -0.39 is 5.91 Å². The van der Waals surface area contributed by atoms with Crippen LogP contribution in [0, 0.1) is 10.5 Å². The summed E-state index contributed by atoms with van der Waals surface area (Å²) < 4.78 is 1.07. The maximum absolute atomic E-state index is 12.0. The summed E-state index contributed by atoms with van der Waals surface area (Å²) in [7, 11) is 0.